The fraction of sp³-hybridized carbons (Fsp3) is 0.600. The van der Waals surface area contributed by atoms with Crippen LogP contribution in [0, 0.1) is 5.82 Å². The van der Waals surface area contributed by atoms with E-state index in [1.165, 1.54) is 6.07 Å². The van der Waals surface area contributed by atoms with Crippen molar-refractivity contribution in [1.82, 2.24) is 4.90 Å². The van der Waals surface area contributed by atoms with Crippen LogP contribution in [0.4, 0.5) is 4.39 Å². The van der Waals surface area contributed by atoms with Gasteiger partial charge in [-0.05, 0) is 46.2 Å². The number of nitrogens with zero attached hydrogens (tertiary/aromatic N) is 1. The lowest BCUT2D eigenvalue weighted by Gasteiger charge is -2.47. The van der Waals surface area contributed by atoms with E-state index in [0.29, 0.717) is 0 Å². The maximum Gasteiger partial charge on any atom is 0.128 e. The highest BCUT2D eigenvalue weighted by Crippen LogP contribution is 2.36. The van der Waals surface area contributed by atoms with Crippen molar-refractivity contribution in [3.05, 3.63) is 35.6 Å². The zero-order chi connectivity index (χ0) is 13.3. The molecule has 2 rings (SSSR count). The Balaban J connectivity index is 2.40. The number of piperidine rings is 1. The third-order valence-electron chi connectivity index (χ3n) is 3.76. The lowest BCUT2D eigenvalue weighted by atomic mass is 9.87. The lowest BCUT2D eigenvalue weighted by Crippen LogP contribution is -2.53. The average Bonchev–Trinajstić information content (AvgIpc) is 2.29. The highest BCUT2D eigenvalue weighted by molar-refractivity contribution is 5.24. The Morgan fingerprint density at radius 2 is 1.94 bits per heavy atom. The molecular weight excluding hydrogens is 227 g/mol. The normalized spacial score (nSPS) is 26.3. The number of halogens is 1. The molecule has 2 nitrogen and oxygen atoms in total. The predicted octanol–water partition coefficient (Wildman–Crippen LogP) is 3.09. The standard InChI is InChI=1S/C15H23FN2/c1-15(2,3)18-10-6-9-13(17)14(18)11-7-4-5-8-12(11)16/h4-5,7-8,13-14H,6,9-10,17H2,1-3H3. The molecule has 1 heterocycles. The zero-order valence-corrected chi connectivity index (χ0v) is 11.5. The van der Waals surface area contributed by atoms with Gasteiger partial charge in [0.05, 0.1) is 6.04 Å². The molecule has 2 atom stereocenters. The van der Waals surface area contributed by atoms with E-state index in [4.69, 9.17) is 5.73 Å². The van der Waals surface area contributed by atoms with Gasteiger partial charge in [0, 0.05) is 17.1 Å². The molecule has 1 fully saturated rings. The van der Waals surface area contributed by atoms with Gasteiger partial charge < -0.3 is 5.73 Å². The average molecular weight is 250 g/mol. The van der Waals surface area contributed by atoms with Crippen molar-refractivity contribution in [2.75, 3.05) is 6.54 Å². The molecule has 1 aliphatic heterocycles. The summed E-state index contributed by atoms with van der Waals surface area (Å²) in [5, 5.41) is 0. The van der Waals surface area contributed by atoms with Crippen molar-refractivity contribution in [2.24, 2.45) is 5.73 Å². The highest BCUT2D eigenvalue weighted by atomic mass is 19.1. The van der Waals surface area contributed by atoms with Crippen LogP contribution in [0.5, 0.6) is 0 Å². The summed E-state index contributed by atoms with van der Waals surface area (Å²) in [6.45, 7) is 7.48. The summed E-state index contributed by atoms with van der Waals surface area (Å²) in [6.07, 6.45) is 2.05. The first-order valence-corrected chi connectivity index (χ1v) is 6.68. The van der Waals surface area contributed by atoms with Crippen molar-refractivity contribution in [1.29, 1.82) is 0 Å². The second kappa shape index (κ2) is 4.98. The monoisotopic (exact) mass is 250 g/mol. The molecule has 0 spiro atoms. The fourth-order valence-corrected chi connectivity index (χ4v) is 2.89. The van der Waals surface area contributed by atoms with Crippen LogP contribution in [-0.2, 0) is 0 Å². The Morgan fingerprint density at radius 1 is 1.28 bits per heavy atom. The van der Waals surface area contributed by atoms with E-state index in [-0.39, 0.29) is 23.4 Å². The van der Waals surface area contributed by atoms with E-state index in [1.807, 2.05) is 12.1 Å². The van der Waals surface area contributed by atoms with Crippen LogP contribution in [0.15, 0.2) is 24.3 Å². The molecule has 0 aromatic heterocycles. The van der Waals surface area contributed by atoms with Crippen molar-refractivity contribution in [2.45, 2.75) is 51.2 Å². The van der Waals surface area contributed by atoms with Gasteiger partial charge in [-0.2, -0.15) is 0 Å². The molecule has 0 saturated carbocycles. The number of nitrogens with two attached hydrogens (primary N) is 1. The Bertz CT molecular complexity index is 411. The molecule has 0 aliphatic carbocycles. The van der Waals surface area contributed by atoms with E-state index < -0.39 is 0 Å². The Labute approximate surface area is 109 Å². The summed E-state index contributed by atoms with van der Waals surface area (Å²) in [4.78, 5) is 2.33. The van der Waals surface area contributed by atoms with Crippen molar-refractivity contribution < 1.29 is 4.39 Å². The molecule has 100 valence electrons. The first-order chi connectivity index (χ1) is 8.41. The van der Waals surface area contributed by atoms with Gasteiger partial charge in [-0.25, -0.2) is 4.39 Å². The molecule has 0 radical (unpaired) electrons. The van der Waals surface area contributed by atoms with Crippen LogP contribution in [0.25, 0.3) is 0 Å². The molecule has 0 bridgehead atoms. The molecule has 1 aromatic rings. The lowest BCUT2D eigenvalue weighted by molar-refractivity contribution is 0.0367. The number of likely N-dealkylation sites (tertiary alicyclic amines) is 1. The summed E-state index contributed by atoms with van der Waals surface area (Å²) < 4.78 is 14.0. The number of hydrogen-bond donors (Lipinski definition) is 1. The molecule has 3 heteroatoms. The van der Waals surface area contributed by atoms with Crippen LogP contribution < -0.4 is 5.73 Å². The van der Waals surface area contributed by atoms with E-state index in [9.17, 15) is 4.39 Å². The summed E-state index contributed by atoms with van der Waals surface area (Å²) in [5.41, 5.74) is 7.00. The molecule has 2 N–H and O–H groups in total. The first kappa shape index (κ1) is 13.5. The summed E-state index contributed by atoms with van der Waals surface area (Å²) in [5.74, 6) is -0.144. The first-order valence-electron chi connectivity index (χ1n) is 6.68. The van der Waals surface area contributed by atoms with Crippen LogP contribution >= 0.6 is 0 Å². The Kier molecular flexibility index (Phi) is 3.74. The molecular formula is C15H23FN2. The maximum absolute atomic E-state index is 14.0. The summed E-state index contributed by atoms with van der Waals surface area (Å²) >= 11 is 0. The van der Waals surface area contributed by atoms with Gasteiger partial charge in [0.25, 0.3) is 0 Å². The number of benzene rings is 1. The smallest absolute Gasteiger partial charge is 0.128 e. The molecule has 1 saturated heterocycles. The maximum atomic E-state index is 14.0. The van der Waals surface area contributed by atoms with Crippen molar-refractivity contribution >= 4 is 0 Å². The number of rotatable bonds is 1. The molecule has 2 unspecified atom stereocenters. The Morgan fingerprint density at radius 3 is 2.56 bits per heavy atom. The second-order valence-corrected chi connectivity index (χ2v) is 6.14. The quantitative estimate of drug-likeness (QED) is 0.830. The van der Waals surface area contributed by atoms with Crippen LogP contribution in [0.3, 0.4) is 0 Å². The van der Waals surface area contributed by atoms with Crippen LogP contribution in [0.1, 0.15) is 45.2 Å². The third kappa shape index (κ3) is 2.57. The highest BCUT2D eigenvalue weighted by Gasteiger charge is 2.37. The van der Waals surface area contributed by atoms with Gasteiger partial charge in [0.2, 0.25) is 0 Å². The van der Waals surface area contributed by atoms with E-state index in [2.05, 4.69) is 25.7 Å². The Hall–Kier alpha value is -0.930. The van der Waals surface area contributed by atoms with E-state index >= 15 is 0 Å². The molecule has 18 heavy (non-hydrogen) atoms. The third-order valence-corrected chi connectivity index (χ3v) is 3.76. The number of hydrogen-bond acceptors (Lipinski definition) is 2. The van der Waals surface area contributed by atoms with Gasteiger partial charge in [-0.3, -0.25) is 4.90 Å². The summed E-state index contributed by atoms with van der Waals surface area (Å²) in [6, 6.07) is 7.01. The van der Waals surface area contributed by atoms with Crippen LogP contribution in [-0.4, -0.2) is 23.0 Å². The SMILES string of the molecule is CC(C)(C)N1CCCC(N)C1c1ccccc1F. The van der Waals surface area contributed by atoms with Gasteiger partial charge in [0.15, 0.2) is 0 Å². The van der Waals surface area contributed by atoms with E-state index in [1.54, 1.807) is 6.07 Å². The van der Waals surface area contributed by atoms with E-state index in [0.717, 1.165) is 24.9 Å². The van der Waals surface area contributed by atoms with Gasteiger partial charge >= 0.3 is 0 Å². The van der Waals surface area contributed by atoms with Gasteiger partial charge in [0.1, 0.15) is 5.82 Å². The fourth-order valence-electron chi connectivity index (χ4n) is 2.89. The topological polar surface area (TPSA) is 29.3 Å². The predicted molar refractivity (Wildman–Crippen MR) is 72.8 cm³/mol. The van der Waals surface area contributed by atoms with Gasteiger partial charge in [-0.15, -0.1) is 0 Å². The molecule has 0 amide bonds. The van der Waals surface area contributed by atoms with Gasteiger partial charge in [-0.1, -0.05) is 18.2 Å². The largest absolute Gasteiger partial charge is 0.326 e. The zero-order valence-electron chi connectivity index (χ0n) is 11.5. The minimum Gasteiger partial charge on any atom is -0.326 e. The molecule has 1 aromatic carbocycles. The second-order valence-electron chi connectivity index (χ2n) is 6.14. The summed E-state index contributed by atoms with van der Waals surface area (Å²) in [7, 11) is 0. The molecule has 1 aliphatic rings. The van der Waals surface area contributed by atoms with Crippen molar-refractivity contribution in [3.8, 4) is 0 Å². The minimum absolute atomic E-state index is 0.00495. The van der Waals surface area contributed by atoms with Crippen LogP contribution in [0.2, 0.25) is 0 Å². The minimum atomic E-state index is -0.144. The van der Waals surface area contributed by atoms with Crippen molar-refractivity contribution in [3.63, 3.8) is 0 Å².